The summed E-state index contributed by atoms with van der Waals surface area (Å²) >= 11 is 0. The standard InChI is InChI=1S/C24H24F4N8O3/c1-39-18-6-3-16(4-7-18)36-22(37)35(14-31-36)17-5-9-21(29-11-17)24(27,28)23(38,12-34-13-30-32-33-34)19-8-2-15(25)10-20(19)26/h2,5,8-11,13-14,16,18,38H,3-4,6-7,12H2,1H3. The van der Waals surface area contributed by atoms with Crippen molar-refractivity contribution in [2.45, 2.75) is 55.9 Å². The molecule has 5 rings (SSSR count). The Bertz CT molecular complexity index is 1480. The Kier molecular flexibility index (Phi) is 7.03. The zero-order valence-electron chi connectivity index (χ0n) is 20.7. The molecule has 0 bridgehead atoms. The highest BCUT2D eigenvalue weighted by molar-refractivity contribution is 5.34. The van der Waals surface area contributed by atoms with E-state index in [2.05, 4.69) is 25.6 Å². The lowest BCUT2D eigenvalue weighted by Gasteiger charge is -2.35. The Morgan fingerprint density at radius 1 is 1.10 bits per heavy atom. The number of halogens is 4. The Labute approximate surface area is 218 Å². The van der Waals surface area contributed by atoms with E-state index in [4.69, 9.17) is 4.74 Å². The number of rotatable bonds is 8. The first kappa shape index (κ1) is 26.6. The van der Waals surface area contributed by atoms with Gasteiger partial charge in [-0.05, 0) is 60.4 Å². The fourth-order valence-electron chi connectivity index (χ4n) is 4.86. The molecule has 15 heteroatoms. The predicted molar refractivity (Wildman–Crippen MR) is 126 cm³/mol. The van der Waals surface area contributed by atoms with E-state index in [0.717, 1.165) is 48.2 Å². The van der Waals surface area contributed by atoms with Crippen molar-refractivity contribution < 1.29 is 27.4 Å². The summed E-state index contributed by atoms with van der Waals surface area (Å²) in [7, 11) is 1.65. The highest BCUT2D eigenvalue weighted by Gasteiger charge is 2.58. The minimum atomic E-state index is -4.22. The molecule has 3 heterocycles. The van der Waals surface area contributed by atoms with Gasteiger partial charge in [-0.2, -0.15) is 13.9 Å². The zero-order chi connectivity index (χ0) is 27.8. The van der Waals surface area contributed by atoms with Crippen LogP contribution < -0.4 is 5.69 Å². The smallest absolute Gasteiger partial charge is 0.350 e. The van der Waals surface area contributed by atoms with Crippen molar-refractivity contribution in [1.29, 1.82) is 0 Å². The quantitative estimate of drug-likeness (QED) is 0.333. The molecular weight excluding hydrogens is 524 g/mol. The summed E-state index contributed by atoms with van der Waals surface area (Å²) in [6.45, 7) is -0.976. The first-order valence-corrected chi connectivity index (χ1v) is 12.1. The third-order valence-electron chi connectivity index (χ3n) is 7.04. The second-order valence-electron chi connectivity index (χ2n) is 9.36. The largest absolute Gasteiger partial charge is 0.381 e. The number of aliphatic hydroxyl groups is 1. The molecule has 11 nitrogen and oxygen atoms in total. The van der Waals surface area contributed by atoms with Crippen molar-refractivity contribution >= 4 is 0 Å². The summed E-state index contributed by atoms with van der Waals surface area (Å²) in [5, 5.41) is 25.7. The maximum Gasteiger partial charge on any atom is 0.350 e. The number of tetrazole rings is 1. The first-order chi connectivity index (χ1) is 18.6. The van der Waals surface area contributed by atoms with Gasteiger partial charge in [0.2, 0.25) is 0 Å². The lowest BCUT2D eigenvalue weighted by atomic mass is 9.84. The van der Waals surface area contributed by atoms with Crippen LogP contribution in [0.2, 0.25) is 0 Å². The third-order valence-corrected chi connectivity index (χ3v) is 7.04. The van der Waals surface area contributed by atoms with E-state index in [1.165, 1.54) is 21.6 Å². The molecular formula is C24H24F4N8O3. The molecule has 1 aromatic carbocycles. The van der Waals surface area contributed by atoms with Gasteiger partial charge in [0.1, 0.15) is 30.0 Å². The molecule has 1 fully saturated rings. The fraction of sp³-hybridized carbons (Fsp3) is 0.417. The number of benzene rings is 1. The van der Waals surface area contributed by atoms with E-state index in [0.29, 0.717) is 18.9 Å². The van der Waals surface area contributed by atoms with Gasteiger partial charge in [0.05, 0.1) is 30.6 Å². The molecule has 1 unspecified atom stereocenters. The molecule has 0 amide bonds. The Morgan fingerprint density at radius 2 is 1.87 bits per heavy atom. The molecule has 3 aromatic heterocycles. The Hall–Kier alpha value is -3.98. The highest BCUT2D eigenvalue weighted by Crippen LogP contribution is 2.46. The average Bonchev–Trinajstić information content (AvgIpc) is 3.58. The van der Waals surface area contributed by atoms with Gasteiger partial charge < -0.3 is 9.84 Å². The molecule has 206 valence electrons. The molecule has 1 saturated carbocycles. The molecule has 1 atom stereocenters. The summed E-state index contributed by atoms with van der Waals surface area (Å²) in [5.74, 6) is -6.62. The molecule has 1 aliphatic carbocycles. The third kappa shape index (κ3) is 4.83. The van der Waals surface area contributed by atoms with Crippen LogP contribution in [0.4, 0.5) is 17.6 Å². The predicted octanol–water partition coefficient (Wildman–Crippen LogP) is 2.50. The van der Waals surface area contributed by atoms with Gasteiger partial charge in [0.15, 0.2) is 5.60 Å². The molecule has 1 N–H and O–H groups in total. The second-order valence-corrected chi connectivity index (χ2v) is 9.36. The maximum atomic E-state index is 15.9. The summed E-state index contributed by atoms with van der Waals surface area (Å²) in [4.78, 5) is 16.8. The number of aromatic nitrogens is 8. The summed E-state index contributed by atoms with van der Waals surface area (Å²) in [6, 6.07) is 3.87. The van der Waals surface area contributed by atoms with Gasteiger partial charge in [0, 0.05) is 18.7 Å². The normalized spacial score (nSPS) is 19.6. The number of ether oxygens (including phenoxy) is 1. The highest BCUT2D eigenvalue weighted by atomic mass is 19.3. The van der Waals surface area contributed by atoms with E-state index in [1.54, 1.807) is 7.11 Å². The van der Waals surface area contributed by atoms with Gasteiger partial charge in [0.25, 0.3) is 0 Å². The number of hydrogen-bond donors (Lipinski definition) is 1. The van der Waals surface area contributed by atoms with Crippen LogP contribution in [0.1, 0.15) is 43.0 Å². The topological polar surface area (TPSA) is 126 Å². The SMILES string of the molecule is COC1CCC(n2ncn(-c3ccc(C(F)(F)C(O)(Cn4cnnn4)c4ccc(F)cc4F)nc3)c2=O)CC1. The summed E-state index contributed by atoms with van der Waals surface area (Å²) in [6.07, 6.45) is 6.39. The monoisotopic (exact) mass is 548 g/mol. The van der Waals surface area contributed by atoms with Crippen molar-refractivity contribution in [3.05, 3.63) is 82.6 Å². The van der Waals surface area contributed by atoms with Crippen LogP contribution in [0, 0.1) is 11.6 Å². The molecule has 0 aliphatic heterocycles. The van der Waals surface area contributed by atoms with Gasteiger partial charge in [-0.3, -0.25) is 4.98 Å². The van der Waals surface area contributed by atoms with E-state index in [1.807, 2.05) is 0 Å². The van der Waals surface area contributed by atoms with Crippen LogP contribution in [0.3, 0.4) is 0 Å². The molecule has 1 aliphatic rings. The fourth-order valence-corrected chi connectivity index (χ4v) is 4.86. The van der Waals surface area contributed by atoms with Crippen LogP contribution in [0.15, 0.2) is 54.0 Å². The Morgan fingerprint density at radius 3 is 2.49 bits per heavy atom. The van der Waals surface area contributed by atoms with Crippen LogP contribution in [-0.2, 0) is 22.8 Å². The van der Waals surface area contributed by atoms with E-state index in [-0.39, 0.29) is 17.8 Å². The van der Waals surface area contributed by atoms with Crippen molar-refractivity contribution in [2.75, 3.05) is 7.11 Å². The number of nitrogens with zero attached hydrogens (tertiary/aromatic N) is 8. The number of alkyl halides is 2. The molecule has 39 heavy (non-hydrogen) atoms. The van der Waals surface area contributed by atoms with Gasteiger partial charge in [-0.1, -0.05) is 0 Å². The van der Waals surface area contributed by atoms with Crippen molar-refractivity contribution in [1.82, 2.24) is 39.5 Å². The summed E-state index contributed by atoms with van der Waals surface area (Å²) < 4.78 is 68.8. The van der Waals surface area contributed by atoms with Gasteiger partial charge >= 0.3 is 11.6 Å². The molecule has 0 spiro atoms. The second kappa shape index (κ2) is 10.3. The first-order valence-electron chi connectivity index (χ1n) is 12.1. The van der Waals surface area contributed by atoms with Crippen LogP contribution in [0.25, 0.3) is 5.69 Å². The van der Waals surface area contributed by atoms with Crippen LogP contribution in [0.5, 0.6) is 0 Å². The van der Waals surface area contributed by atoms with E-state index in [9.17, 15) is 18.7 Å². The molecule has 4 aromatic rings. The molecule has 0 radical (unpaired) electrons. The lowest BCUT2D eigenvalue weighted by molar-refractivity contribution is -0.207. The number of methoxy groups -OCH3 is 1. The average molecular weight is 549 g/mol. The molecule has 0 saturated heterocycles. The van der Waals surface area contributed by atoms with Crippen LogP contribution in [-0.4, -0.2) is 57.9 Å². The van der Waals surface area contributed by atoms with Crippen LogP contribution >= 0.6 is 0 Å². The number of hydrogen-bond acceptors (Lipinski definition) is 8. The van der Waals surface area contributed by atoms with Crippen molar-refractivity contribution in [2.24, 2.45) is 0 Å². The maximum absolute atomic E-state index is 15.9. The number of pyridine rings is 1. The Balaban J connectivity index is 1.46. The summed E-state index contributed by atoms with van der Waals surface area (Å²) in [5.41, 5.74) is -5.37. The van der Waals surface area contributed by atoms with Crippen molar-refractivity contribution in [3.8, 4) is 5.69 Å². The zero-order valence-corrected chi connectivity index (χ0v) is 20.7. The minimum Gasteiger partial charge on any atom is -0.381 e. The lowest BCUT2D eigenvalue weighted by Crippen LogP contribution is -2.48. The van der Waals surface area contributed by atoms with Crippen molar-refractivity contribution in [3.63, 3.8) is 0 Å². The minimum absolute atomic E-state index is 0.117. The van der Waals surface area contributed by atoms with E-state index < -0.39 is 46.6 Å². The van der Waals surface area contributed by atoms with Gasteiger partial charge in [-0.25, -0.2) is 27.5 Å². The van der Waals surface area contributed by atoms with Gasteiger partial charge in [-0.15, -0.1) is 5.10 Å². The van der Waals surface area contributed by atoms with E-state index >= 15 is 8.78 Å².